The van der Waals surface area contributed by atoms with Crippen LogP contribution in [0, 0.1) is 13.8 Å². The molecule has 0 aliphatic heterocycles. The average Bonchev–Trinajstić information content (AvgIpc) is 3.75. The van der Waals surface area contributed by atoms with E-state index in [0.717, 1.165) is 12.8 Å². The molecule has 0 unspecified atom stereocenters. The summed E-state index contributed by atoms with van der Waals surface area (Å²) in [7, 11) is 0. The third-order valence-corrected chi connectivity index (χ3v) is 29.0. The van der Waals surface area contributed by atoms with Crippen LogP contribution in [0.2, 0.25) is 0 Å². The molecule has 2 aliphatic carbocycles. The topological polar surface area (TPSA) is 0 Å². The fourth-order valence-corrected chi connectivity index (χ4v) is 28.1. The molecule has 0 heterocycles. The summed E-state index contributed by atoms with van der Waals surface area (Å²) in [5.74, 6) is 0. The first-order valence-electron chi connectivity index (χ1n) is 18.4. The normalized spacial score (nSPS) is 14.1. The summed E-state index contributed by atoms with van der Waals surface area (Å²) in [6.07, 6.45) is 9.02. The maximum absolute atomic E-state index is 5.99. The Bertz CT molecular complexity index is 2440. The third kappa shape index (κ3) is 5.44. The number of allylic oxidation sites excluding steroid dienone is 4. The first-order chi connectivity index (χ1) is 23.7. The van der Waals surface area contributed by atoms with Gasteiger partial charge in [0, 0.05) is 0 Å². The Kier molecular flexibility index (Phi) is 9.74. The van der Waals surface area contributed by atoms with Gasteiger partial charge in [0.1, 0.15) is 0 Å². The first kappa shape index (κ1) is 38.4. The molecule has 6 aromatic carbocycles. The SMILES string of the molecule is Cl.Cl.[CH2]=[Zr]([C]1=CC=CC1)([c]1c(C)c(C(C)(C)C)cc2c1Cc1cc(C)c(C(C)(C)C)cc1-2)([c]1cccc2ccccc12)[c]1cccc2ccccc12. The van der Waals surface area contributed by atoms with Crippen LogP contribution in [0.3, 0.4) is 0 Å². The van der Waals surface area contributed by atoms with Gasteiger partial charge in [0.05, 0.1) is 0 Å². The van der Waals surface area contributed by atoms with E-state index in [9.17, 15) is 0 Å². The summed E-state index contributed by atoms with van der Waals surface area (Å²) in [6.45, 7) is 19.0. The van der Waals surface area contributed by atoms with Gasteiger partial charge in [-0.2, -0.15) is 0 Å². The van der Waals surface area contributed by atoms with Crippen molar-refractivity contribution >= 4 is 60.4 Å². The van der Waals surface area contributed by atoms with Gasteiger partial charge in [0.25, 0.3) is 0 Å². The molecule has 0 fully saturated rings. The summed E-state index contributed by atoms with van der Waals surface area (Å²) in [5.41, 5.74) is 11.5. The number of rotatable bonds is 4. The van der Waals surface area contributed by atoms with Crippen molar-refractivity contribution in [3.63, 3.8) is 0 Å². The molecule has 0 radical (unpaired) electrons. The average molecular weight is 803 g/mol. The first-order valence-corrected chi connectivity index (χ1v) is 25.1. The summed E-state index contributed by atoms with van der Waals surface area (Å²) in [5, 5.41) is 5.26. The van der Waals surface area contributed by atoms with Crippen molar-refractivity contribution in [1.82, 2.24) is 0 Å². The Balaban J connectivity index is 0.00000232. The number of fused-ring (bicyclic) bond motifs is 5. The number of hydrogen-bond acceptors (Lipinski definition) is 0. The van der Waals surface area contributed by atoms with Crippen LogP contribution in [0.15, 0.2) is 125 Å². The van der Waals surface area contributed by atoms with Crippen LogP contribution in [-0.2, 0) is 35.5 Å². The van der Waals surface area contributed by atoms with E-state index in [2.05, 4.69) is 177 Å². The van der Waals surface area contributed by atoms with Crippen LogP contribution >= 0.6 is 24.8 Å². The van der Waals surface area contributed by atoms with Gasteiger partial charge in [-0.15, -0.1) is 24.8 Å². The predicted molar refractivity (Wildman–Crippen MR) is 232 cm³/mol. The quantitative estimate of drug-likeness (QED) is 0.166. The monoisotopic (exact) mass is 800 g/mol. The van der Waals surface area contributed by atoms with Crippen molar-refractivity contribution in [2.24, 2.45) is 0 Å². The van der Waals surface area contributed by atoms with Crippen LogP contribution in [0.5, 0.6) is 0 Å². The maximum atomic E-state index is 5.99. The molecule has 0 aromatic heterocycles. The fraction of sp³-hybridized carbons (Fsp3) is 0.245. The summed E-state index contributed by atoms with van der Waals surface area (Å²) in [6, 6.07) is 39.9. The van der Waals surface area contributed by atoms with E-state index in [1.165, 1.54) is 75.9 Å². The van der Waals surface area contributed by atoms with Crippen molar-refractivity contribution in [1.29, 1.82) is 0 Å². The molecule has 0 atom stereocenters. The Morgan fingerprint density at radius 2 is 1.13 bits per heavy atom. The van der Waals surface area contributed by atoms with E-state index in [1.807, 2.05) is 0 Å². The van der Waals surface area contributed by atoms with Crippen LogP contribution < -0.4 is 9.81 Å². The van der Waals surface area contributed by atoms with Crippen molar-refractivity contribution in [2.75, 3.05) is 0 Å². The van der Waals surface area contributed by atoms with E-state index in [1.54, 1.807) is 3.27 Å². The molecule has 52 heavy (non-hydrogen) atoms. The van der Waals surface area contributed by atoms with Gasteiger partial charge in [-0.25, -0.2) is 0 Å². The minimum atomic E-state index is -5.19. The predicted octanol–water partition coefficient (Wildman–Crippen LogP) is 11.9. The molecular weight excluding hydrogens is 751 g/mol. The molecule has 2 aliphatic rings. The summed E-state index contributed by atoms with van der Waals surface area (Å²) in [4.78, 5) is 0. The van der Waals surface area contributed by atoms with E-state index < -0.39 is 18.3 Å². The summed E-state index contributed by atoms with van der Waals surface area (Å²) >= 11 is -5.19. The molecular formula is C49H52Cl2Zr. The summed E-state index contributed by atoms with van der Waals surface area (Å²) < 4.78 is 12.0. The second kappa shape index (κ2) is 13.2. The van der Waals surface area contributed by atoms with Gasteiger partial charge >= 0.3 is 302 Å². The zero-order valence-corrected chi connectivity index (χ0v) is 36.1. The van der Waals surface area contributed by atoms with Gasteiger partial charge in [-0.3, -0.25) is 0 Å². The molecule has 0 bridgehead atoms. The standard InChI is InChI=1S/C23H29.2C10H7.C5H5.CH2.2ClH.Zr/c1-14-9-16-11-17-10-15(2)21(23(6,7)8)13-19(17)18(16)12-20(14)22(3,4)5;2*1-2-6-10-8-4-3-7-9(10)5-1;1-2-4-5-3-1;;;;/h9,12-13H,11H2,1-8H3;2*1-7H;1-3H,4H2;1H2;2*1H;. The van der Waals surface area contributed by atoms with Crippen molar-refractivity contribution in [3.8, 4) is 11.1 Å². The molecule has 0 amide bonds. The van der Waals surface area contributed by atoms with Crippen LogP contribution in [0.25, 0.3) is 32.7 Å². The molecule has 6 aromatic rings. The Hall–Kier alpha value is -3.35. The number of halogens is 2. The number of aryl methyl sites for hydroxylation is 1. The van der Waals surface area contributed by atoms with Gasteiger partial charge in [0.2, 0.25) is 0 Å². The fourth-order valence-electron chi connectivity index (χ4n) is 10.1. The second-order valence-electron chi connectivity index (χ2n) is 17.3. The van der Waals surface area contributed by atoms with Crippen molar-refractivity contribution in [3.05, 3.63) is 158 Å². The second-order valence-corrected chi connectivity index (χ2v) is 29.9. The Morgan fingerprint density at radius 1 is 0.615 bits per heavy atom. The number of hydrogen-bond donors (Lipinski definition) is 0. The van der Waals surface area contributed by atoms with E-state index in [0.29, 0.717) is 0 Å². The van der Waals surface area contributed by atoms with Gasteiger partial charge in [-0.1, -0.05) is 0 Å². The van der Waals surface area contributed by atoms with E-state index in [-0.39, 0.29) is 35.6 Å². The van der Waals surface area contributed by atoms with Crippen molar-refractivity contribution in [2.45, 2.75) is 79.1 Å². The van der Waals surface area contributed by atoms with Crippen LogP contribution in [-0.4, -0.2) is 4.21 Å². The molecule has 0 saturated heterocycles. The zero-order valence-electron chi connectivity index (χ0n) is 32.0. The van der Waals surface area contributed by atoms with E-state index in [4.69, 9.17) is 4.21 Å². The number of benzene rings is 6. The Morgan fingerprint density at radius 3 is 1.65 bits per heavy atom. The van der Waals surface area contributed by atoms with Crippen LogP contribution in [0.1, 0.15) is 81.3 Å². The van der Waals surface area contributed by atoms with Crippen molar-refractivity contribution < 1.29 is 18.3 Å². The molecule has 0 saturated carbocycles. The molecule has 266 valence electrons. The van der Waals surface area contributed by atoms with Gasteiger partial charge in [-0.05, 0) is 0 Å². The van der Waals surface area contributed by atoms with E-state index >= 15 is 0 Å². The molecule has 0 spiro atoms. The zero-order chi connectivity index (χ0) is 35.2. The Labute approximate surface area is 324 Å². The molecule has 0 N–H and O–H groups in total. The minimum absolute atomic E-state index is 0. The molecule has 3 heteroatoms. The van der Waals surface area contributed by atoms with Gasteiger partial charge in [0.15, 0.2) is 0 Å². The van der Waals surface area contributed by atoms with Crippen LogP contribution in [0.4, 0.5) is 0 Å². The third-order valence-electron chi connectivity index (χ3n) is 12.2. The molecule has 0 nitrogen and oxygen atoms in total. The van der Waals surface area contributed by atoms with Gasteiger partial charge < -0.3 is 0 Å². The molecule has 8 rings (SSSR count).